The van der Waals surface area contributed by atoms with Gasteiger partial charge in [0.15, 0.2) is 0 Å². The normalized spacial score (nSPS) is 21.1. The Bertz CT molecular complexity index is 267. The molecule has 0 spiro atoms. The average Bonchev–Trinajstić information content (AvgIpc) is 2.35. The summed E-state index contributed by atoms with van der Waals surface area (Å²) < 4.78 is 5.62. The van der Waals surface area contributed by atoms with Gasteiger partial charge in [-0.2, -0.15) is 0 Å². The maximum absolute atomic E-state index is 11.7. The minimum atomic E-state index is 0.0738. The largest absolute Gasteiger partial charge is 0.380 e. The van der Waals surface area contributed by atoms with Crippen molar-refractivity contribution in [2.75, 3.05) is 32.8 Å². The summed E-state index contributed by atoms with van der Waals surface area (Å²) in [5.41, 5.74) is 0. The van der Waals surface area contributed by atoms with Gasteiger partial charge in [-0.25, -0.2) is 0 Å². The second kappa shape index (κ2) is 8.54. The lowest BCUT2D eigenvalue weighted by molar-refractivity contribution is -0.125. The predicted molar refractivity (Wildman–Crippen MR) is 78.1 cm³/mol. The zero-order valence-corrected chi connectivity index (χ0v) is 12.9. The van der Waals surface area contributed by atoms with E-state index in [1.54, 1.807) is 0 Å². The van der Waals surface area contributed by atoms with Crippen molar-refractivity contribution >= 4 is 5.91 Å². The van der Waals surface area contributed by atoms with Crippen molar-refractivity contribution in [2.24, 2.45) is 11.8 Å². The summed E-state index contributed by atoms with van der Waals surface area (Å²) in [6.45, 7) is 12.9. The third-order valence-corrected chi connectivity index (χ3v) is 3.38. The highest BCUT2D eigenvalue weighted by Crippen LogP contribution is 2.10. The van der Waals surface area contributed by atoms with Crippen LogP contribution in [-0.4, -0.2) is 49.7 Å². The molecule has 1 N–H and O–H groups in total. The highest BCUT2D eigenvalue weighted by Gasteiger charge is 2.21. The van der Waals surface area contributed by atoms with Gasteiger partial charge in [0.1, 0.15) is 0 Å². The lowest BCUT2D eigenvalue weighted by Crippen LogP contribution is -2.49. The van der Waals surface area contributed by atoms with E-state index < -0.39 is 0 Å². The standard InChI is InChI=1S/C15H30N2O2/c1-12(2)11-19-9-8-17-7-5-6-14(10-17)16-15(18)13(3)4/h12-14H,5-11H2,1-4H3,(H,16,18)/t14-/m1/s1. The molecule has 0 unspecified atom stereocenters. The number of nitrogens with zero attached hydrogens (tertiary/aromatic N) is 1. The number of hydrogen-bond donors (Lipinski definition) is 1. The summed E-state index contributed by atoms with van der Waals surface area (Å²) in [6, 6.07) is 0.314. The second-order valence-electron chi connectivity index (χ2n) is 6.27. The Labute approximate surface area is 117 Å². The van der Waals surface area contributed by atoms with Crippen molar-refractivity contribution in [2.45, 2.75) is 46.6 Å². The Balaban J connectivity index is 2.20. The molecule has 0 aliphatic carbocycles. The van der Waals surface area contributed by atoms with E-state index in [-0.39, 0.29) is 11.8 Å². The maximum atomic E-state index is 11.7. The molecule has 0 aromatic heterocycles. The number of ether oxygens (including phenoxy) is 1. The van der Waals surface area contributed by atoms with E-state index in [1.807, 2.05) is 13.8 Å². The van der Waals surface area contributed by atoms with Gasteiger partial charge in [0, 0.05) is 31.7 Å². The Morgan fingerprint density at radius 2 is 2.11 bits per heavy atom. The molecule has 1 heterocycles. The molecule has 1 fully saturated rings. The molecule has 1 rings (SSSR count). The van der Waals surface area contributed by atoms with Crippen LogP contribution in [0.15, 0.2) is 0 Å². The lowest BCUT2D eigenvalue weighted by atomic mass is 10.0. The van der Waals surface area contributed by atoms with E-state index in [2.05, 4.69) is 24.1 Å². The van der Waals surface area contributed by atoms with Gasteiger partial charge in [0.05, 0.1) is 6.61 Å². The quantitative estimate of drug-likeness (QED) is 0.718. The third-order valence-electron chi connectivity index (χ3n) is 3.38. The Kier molecular flexibility index (Phi) is 7.39. The monoisotopic (exact) mass is 270 g/mol. The minimum absolute atomic E-state index is 0.0738. The van der Waals surface area contributed by atoms with E-state index >= 15 is 0 Å². The predicted octanol–water partition coefficient (Wildman–Crippen LogP) is 1.90. The summed E-state index contributed by atoms with van der Waals surface area (Å²) in [4.78, 5) is 14.1. The van der Waals surface area contributed by atoms with Gasteiger partial charge in [0.2, 0.25) is 5.91 Å². The van der Waals surface area contributed by atoms with Crippen LogP contribution in [0.1, 0.15) is 40.5 Å². The number of nitrogens with one attached hydrogen (secondary N) is 1. The van der Waals surface area contributed by atoms with Gasteiger partial charge < -0.3 is 10.1 Å². The number of rotatable bonds is 7. The number of piperidine rings is 1. The number of carbonyl (C=O) groups excluding carboxylic acids is 1. The Morgan fingerprint density at radius 3 is 2.74 bits per heavy atom. The summed E-state index contributed by atoms with van der Waals surface area (Å²) in [5.74, 6) is 0.840. The van der Waals surface area contributed by atoms with E-state index in [4.69, 9.17) is 4.74 Å². The fourth-order valence-electron chi connectivity index (χ4n) is 2.26. The van der Waals surface area contributed by atoms with Crippen LogP contribution in [0.3, 0.4) is 0 Å². The van der Waals surface area contributed by atoms with Gasteiger partial charge in [-0.1, -0.05) is 27.7 Å². The molecule has 0 saturated carbocycles. The van der Waals surface area contributed by atoms with Gasteiger partial charge in [0.25, 0.3) is 0 Å². The zero-order valence-electron chi connectivity index (χ0n) is 12.9. The number of amides is 1. The SMILES string of the molecule is CC(C)COCCN1CCC[C@@H](NC(=O)C(C)C)C1. The number of carbonyl (C=O) groups is 1. The average molecular weight is 270 g/mol. The zero-order chi connectivity index (χ0) is 14.3. The van der Waals surface area contributed by atoms with Crippen LogP contribution in [0.25, 0.3) is 0 Å². The van der Waals surface area contributed by atoms with Crippen molar-refractivity contribution in [3.05, 3.63) is 0 Å². The molecule has 1 aliphatic heterocycles. The Morgan fingerprint density at radius 1 is 1.37 bits per heavy atom. The topological polar surface area (TPSA) is 41.6 Å². The first-order valence-corrected chi connectivity index (χ1v) is 7.59. The molecule has 112 valence electrons. The van der Waals surface area contributed by atoms with Crippen LogP contribution in [0.2, 0.25) is 0 Å². The first-order chi connectivity index (χ1) is 8.99. The fourth-order valence-corrected chi connectivity index (χ4v) is 2.26. The van der Waals surface area contributed by atoms with Crippen LogP contribution in [0, 0.1) is 11.8 Å². The molecule has 0 aromatic carbocycles. The number of likely N-dealkylation sites (tertiary alicyclic amines) is 1. The van der Waals surface area contributed by atoms with Crippen molar-refractivity contribution in [3.63, 3.8) is 0 Å². The van der Waals surface area contributed by atoms with Crippen molar-refractivity contribution in [3.8, 4) is 0 Å². The first-order valence-electron chi connectivity index (χ1n) is 7.59. The van der Waals surface area contributed by atoms with E-state index in [0.29, 0.717) is 12.0 Å². The highest BCUT2D eigenvalue weighted by atomic mass is 16.5. The first kappa shape index (κ1) is 16.4. The minimum Gasteiger partial charge on any atom is -0.380 e. The fraction of sp³-hybridized carbons (Fsp3) is 0.933. The molecule has 1 aliphatic rings. The molecule has 1 saturated heterocycles. The summed E-state index contributed by atoms with van der Waals surface area (Å²) in [7, 11) is 0. The summed E-state index contributed by atoms with van der Waals surface area (Å²) in [6.07, 6.45) is 2.26. The van der Waals surface area contributed by atoms with Crippen LogP contribution in [0.4, 0.5) is 0 Å². The van der Waals surface area contributed by atoms with E-state index in [0.717, 1.165) is 45.7 Å². The summed E-state index contributed by atoms with van der Waals surface area (Å²) in [5, 5.41) is 3.14. The Hall–Kier alpha value is -0.610. The van der Waals surface area contributed by atoms with E-state index in [1.165, 1.54) is 0 Å². The van der Waals surface area contributed by atoms with Gasteiger partial charge >= 0.3 is 0 Å². The molecule has 19 heavy (non-hydrogen) atoms. The molecule has 0 aromatic rings. The smallest absolute Gasteiger partial charge is 0.222 e. The van der Waals surface area contributed by atoms with Crippen molar-refractivity contribution in [1.29, 1.82) is 0 Å². The van der Waals surface area contributed by atoms with Crippen LogP contribution in [-0.2, 0) is 9.53 Å². The summed E-state index contributed by atoms with van der Waals surface area (Å²) >= 11 is 0. The number of hydrogen-bond acceptors (Lipinski definition) is 3. The molecule has 4 nitrogen and oxygen atoms in total. The van der Waals surface area contributed by atoms with Crippen LogP contribution >= 0.6 is 0 Å². The third kappa shape index (κ3) is 6.92. The van der Waals surface area contributed by atoms with Crippen LogP contribution in [0.5, 0.6) is 0 Å². The molecular weight excluding hydrogens is 240 g/mol. The molecule has 0 bridgehead atoms. The van der Waals surface area contributed by atoms with Gasteiger partial charge in [-0.15, -0.1) is 0 Å². The molecule has 0 radical (unpaired) electrons. The second-order valence-corrected chi connectivity index (χ2v) is 6.27. The molecule has 1 atom stereocenters. The van der Waals surface area contributed by atoms with Crippen LogP contribution < -0.4 is 5.32 Å². The molecular formula is C15H30N2O2. The maximum Gasteiger partial charge on any atom is 0.222 e. The molecule has 4 heteroatoms. The van der Waals surface area contributed by atoms with Gasteiger partial charge in [-0.3, -0.25) is 9.69 Å². The van der Waals surface area contributed by atoms with Crippen molar-refractivity contribution < 1.29 is 9.53 Å². The molecule has 1 amide bonds. The van der Waals surface area contributed by atoms with Gasteiger partial charge in [-0.05, 0) is 25.3 Å². The van der Waals surface area contributed by atoms with Crippen molar-refractivity contribution in [1.82, 2.24) is 10.2 Å². The lowest BCUT2D eigenvalue weighted by Gasteiger charge is -2.33. The highest BCUT2D eigenvalue weighted by molar-refractivity contribution is 5.78. The van der Waals surface area contributed by atoms with E-state index in [9.17, 15) is 4.79 Å².